The second kappa shape index (κ2) is 6.17. The fourth-order valence-electron chi connectivity index (χ4n) is 1.90. The Hall–Kier alpha value is -1.37. The van der Waals surface area contributed by atoms with E-state index in [0.717, 1.165) is 6.20 Å². The summed E-state index contributed by atoms with van der Waals surface area (Å²) in [5, 5.41) is 2.78. The number of carbonyl (C=O) groups is 1. The molecule has 116 valence electrons. The number of ether oxygens (including phenoxy) is 2. The quantitative estimate of drug-likeness (QED) is 0.896. The molecule has 0 radical (unpaired) electrons. The zero-order valence-corrected chi connectivity index (χ0v) is 13.7. The Morgan fingerprint density at radius 3 is 2.71 bits per heavy atom. The maximum atomic E-state index is 12.9. The predicted molar refractivity (Wildman–Crippen MR) is 78.7 cm³/mol. The number of pyridine rings is 1. The van der Waals surface area contributed by atoms with Crippen LogP contribution in [0.2, 0.25) is 0 Å². The van der Waals surface area contributed by atoms with Crippen LogP contribution in [-0.2, 0) is 4.74 Å². The van der Waals surface area contributed by atoms with Crippen LogP contribution in [0.25, 0.3) is 0 Å². The maximum absolute atomic E-state index is 12.9. The molecule has 2 rings (SSSR count). The lowest BCUT2D eigenvalue weighted by molar-refractivity contribution is 0.0353. The van der Waals surface area contributed by atoms with E-state index < -0.39 is 17.5 Å². The second-order valence-corrected chi connectivity index (χ2v) is 6.85. The highest BCUT2D eigenvalue weighted by Crippen LogP contribution is 2.29. The van der Waals surface area contributed by atoms with Crippen LogP contribution in [0.1, 0.15) is 33.6 Å². The van der Waals surface area contributed by atoms with Crippen molar-refractivity contribution in [2.75, 3.05) is 0 Å². The molecule has 1 N–H and O–H groups in total. The number of rotatable bonds is 3. The topological polar surface area (TPSA) is 60.5 Å². The highest BCUT2D eigenvalue weighted by Gasteiger charge is 2.33. The molecule has 1 aromatic heterocycles. The van der Waals surface area contributed by atoms with E-state index in [-0.39, 0.29) is 12.1 Å². The zero-order valence-electron chi connectivity index (χ0n) is 12.2. The van der Waals surface area contributed by atoms with E-state index in [1.807, 2.05) is 20.8 Å². The number of amides is 1. The molecule has 0 unspecified atom stereocenters. The molecule has 0 spiro atoms. The third-order valence-corrected chi connectivity index (χ3v) is 3.44. The minimum absolute atomic E-state index is 0.0315. The van der Waals surface area contributed by atoms with Crippen LogP contribution >= 0.6 is 15.9 Å². The molecule has 1 aliphatic carbocycles. The van der Waals surface area contributed by atoms with Crippen LogP contribution in [0, 0.1) is 5.82 Å². The van der Waals surface area contributed by atoms with Gasteiger partial charge in [-0.3, -0.25) is 0 Å². The summed E-state index contributed by atoms with van der Waals surface area (Å²) in [7, 11) is 0. The lowest BCUT2D eigenvalue weighted by Crippen LogP contribution is -2.50. The van der Waals surface area contributed by atoms with Gasteiger partial charge in [0.2, 0.25) is 5.88 Å². The number of nitrogens with zero attached hydrogens (tertiary/aromatic N) is 1. The Bertz CT molecular complexity index is 527. The second-order valence-electron chi connectivity index (χ2n) is 5.99. The molecule has 0 aromatic carbocycles. The van der Waals surface area contributed by atoms with Crippen molar-refractivity contribution in [3.05, 3.63) is 22.6 Å². The average molecular weight is 361 g/mol. The van der Waals surface area contributed by atoms with Crippen molar-refractivity contribution in [2.24, 2.45) is 0 Å². The normalized spacial score (nSPS) is 21.4. The van der Waals surface area contributed by atoms with Gasteiger partial charge in [-0.15, -0.1) is 0 Å². The van der Waals surface area contributed by atoms with Crippen molar-refractivity contribution in [1.29, 1.82) is 0 Å². The fourth-order valence-corrected chi connectivity index (χ4v) is 2.32. The third-order valence-electron chi connectivity index (χ3n) is 2.87. The first-order chi connectivity index (χ1) is 9.73. The average Bonchev–Trinajstić information content (AvgIpc) is 2.26. The van der Waals surface area contributed by atoms with Gasteiger partial charge in [0.1, 0.15) is 17.5 Å². The minimum Gasteiger partial charge on any atom is -0.473 e. The van der Waals surface area contributed by atoms with E-state index in [9.17, 15) is 9.18 Å². The number of nitrogens with one attached hydrogen (secondary N) is 1. The largest absolute Gasteiger partial charge is 0.473 e. The summed E-state index contributed by atoms with van der Waals surface area (Å²) in [6, 6.07) is 1.33. The van der Waals surface area contributed by atoms with Crippen LogP contribution in [0.4, 0.5) is 9.18 Å². The Balaban J connectivity index is 1.75. The van der Waals surface area contributed by atoms with Gasteiger partial charge in [-0.05, 0) is 42.8 Å². The van der Waals surface area contributed by atoms with E-state index in [2.05, 4.69) is 26.2 Å². The first-order valence-corrected chi connectivity index (χ1v) is 7.49. The van der Waals surface area contributed by atoms with E-state index in [1.165, 1.54) is 6.07 Å². The summed E-state index contributed by atoms with van der Waals surface area (Å²) >= 11 is 3.20. The summed E-state index contributed by atoms with van der Waals surface area (Å²) < 4.78 is 24.2. The van der Waals surface area contributed by atoms with E-state index in [4.69, 9.17) is 9.47 Å². The summed E-state index contributed by atoms with van der Waals surface area (Å²) in [4.78, 5) is 15.5. The van der Waals surface area contributed by atoms with Gasteiger partial charge in [0.25, 0.3) is 0 Å². The molecule has 0 atom stereocenters. The zero-order chi connectivity index (χ0) is 15.6. The molecule has 21 heavy (non-hydrogen) atoms. The SMILES string of the molecule is CC(C)(C)OC(=O)NC1CC(Oc2ncc(F)cc2Br)C1. The molecule has 1 amide bonds. The number of aromatic nitrogens is 1. The van der Waals surface area contributed by atoms with Crippen molar-refractivity contribution in [2.45, 2.75) is 51.4 Å². The van der Waals surface area contributed by atoms with Crippen LogP contribution < -0.4 is 10.1 Å². The molecular weight excluding hydrogens is 343 g/mol. The van der Waals surface area contributed by atoms with Gasteiger partial charge in [0.15, 0.2) is 0 Å². The van der Waals surface area contributed by atoms with Gasteiger partial charge in [0.05, 0.1) is 10.7 Å². The summed E-state index contributed by atoms with van der Waals surface area (Å²) in [5.74, 6) is -0.0654. The fraction of sp³-hybridized carbons (Fsp3) is 0.571. The number of alkyl carbamates (subject to hydrolysis) is 1. The molecule has 0 aliphatic heterocycles. The lowest BCUT2D eigenvalue weighted by atomic mass is 9.89. The molecule has 1 saturated carbocycles. The molecule has 1 aliphatic rings. The van der Waals surface area contributed by atoms with Crippen molar-refractivity contribution in [3.8, 4) is 5.88 Å². The van der Waals surface area contributed by atoms with Gasteiger partial charge >= 0.3 is 6.09 Å². The van der Waals surface area contributed by atoms with Crippen molar-refractivity contribution < 1.29 is 18.7 Å². The standard InChI is InChI=1S/C14H18BrFN2O3/c1-14(2,3)21-13(19)18-9-5-10(6-9)20-12-11(15)4-8(16)7-17-12/h4,7,9-10H,5-6H2,1-3H3,(H,18,19). The molecule has 0 saturated heterocycles. The van der Waals surface area contributed by atoms with Crippen molar-refractivity contribution >= 4 is 22.0 Å². The van der Waals surface area contributed by atoms with Crippen LogP contribution in [0.5, 0.6) is 5.88 Å². The Morgan fingerprint density at radius 2 is 2.14 bits per heavy atom. The highest BCUT2D eigenvalue weighted by atomic mass is 79.9. The molecule has 1 aromatic rings. The Kier molecular flexibility index (Phi) is 4.70. The molecule has 1 fully saturated rings. The van der Waals surface area contributed by atoms with Crippen LogP contribution in [-0.4, -0.2) is 28.8 Å². The molecule has 7 heteroatoms. The predicted octanol–water partition coefficient (Wildman–Crippen LogP) is 3.42. The van der Waals surface area contributed by atoms with Gasteiger partial charge in [0, 0.05) is 18.9 Å². The monoisotopic (exact) mass is 360 g/mol. The highest BCUT2D eigenvalue weighted by molar-refractivity contribution is 9.10. The van der Waals surface area contributed by atoms with Crippen molar-refractivity contribution in [1.82, 2.24) is 10.3 Å². The number of carbonyl (C=O) groups excluding carboxylic acids is 1. The number of halogens is 2. The third kappa shape index (κ3) is 4.84. The molecule has 5 nitrogen and oxygen atoms in total. The van der Waals surface area contributed by atoms with Crippen LogP contribution in [0.3, 0.4) is 0 Å². The smallest absolute Gasteiger partial charge is 0.407 e. The molecular formula is C14H18BrFN2O3. The number of hydrogen-bond acceptors (Lipinski definition) is 4. The van der Waals surface area contributed by atoms with Gasteiger partial charge in [-0.25, -0.2) is 14.2 Å². The molecule has 1 heterocycles. The Morgan fingerprint density at radius 1 is 1.48 bits per heavy atom. The summed E-state index contributed by atoms with van der Waals surface area (Å²) in [6.45, 7) is 5.45. The van der Waals surface area contributed by atoms with Gasteiger partial charge in [-0.1, -0.05) is 0 Å². The van der Waals surface area contributed by atoms with E-state index in [0.29, 0.717) is 23.2 Å². The molecule has 0 bridgehead atoms. The van der Waals surface area contributed by atoms with E-state index in [1.54, 1.807) is 0 Å². The summed E-state index contributed by atoms with van der Waals surface area (Å²) in [6.07, 6.45) is 1.98. The maximum Gasteiger partial charge on any atom is 0.407 e. The van der Waals surface area contributed by atoms with E-state index >= 15 is 0 Å². The van der Waals surface area contributed by atoms with Gasteiger partial charge in [-0.2, -0.15) is 0 Å². The lowest BCUT2D eigenvalue weighted by Gasteiger charge is -2.35. The van der Waals surface area contributed by atoms with Crippen molar-refractivity contribution in [3.63, 3.8) is 0 Å². The number of hydrogen-bond donors (Lipinski definition) is 1. The Labute approximate surface area is 131 Å². The first kappa shape index (κ1) is 16.0. The minimum atomic E-state index is -0.507. The first-order valence-electron chi connectivity index (χ1n) is 6.70. The van der Waals surface area contributed by atoms with Gasteiger partial charge < -0.3 is 14.8 Å². The van der Waals surface area contributed by atoms with Crippen LogP contribution in [0.15, 0.2) is 16.7 Å². The summed E-state index contributed by atoms with van der Waals surface area (Å²) in [5.41, 5.74) is -0.507.